The quantitative estimate of drug-likeness (QED) is 0.218. The minimum atomic E-state index is -4.12. The third kappa shape index (κ3) is 4.97. The van der Waals surface area contributed by atoms with Crippen LogP contribution < -0.4 is 15.0 Å². The van der Waals surface area contributed by atoms with Crippen LogP contribution >= 0.6 is 15.9 Å². The number of nitrogens with one attached hydrogen (secondary N) is 1. The van der Waals surface area contributed by atoms with E-state index in [0.29, 0.717) is 39.4 Å². The summed E-state index contributed by atoms with van der Waals surface area (Å²) >= 11 is 3.56. The zero-order chi connectivity index (χ0) is 29.4. The Morgan fingerprint density at radius 1 is 0.857 bits per heavy atom. The molecule has 6 rings (SSSR count). The van der Waals surface area contributed by atoms with Gasteiger partial charge in [-0.1, -0.05) is 58.4 Å². The molecular formula is C32H26BrN3O5S. The number of H-pyrrole nitrogens is 1. The van der Waals surface area contributed by atoms with Crippen molar-refractivity contribution in [3.8, 4) is 22.6 Å². The highest BCUT2D eigenvalue weighted by Gasteiger charge is 2.39. The Hall–Kier alpha value is -4.41. The molecule has 10 heteroatoms. The zero-order valence-electron chi connectivity index (χ0n) is 22.7. The minimum absolute atomic E-state index is 0.0615. The van der Waals surface area contributed by atoms with E-state index in [-0.39, 0.29) is 16.9 Å². The van der Waals surface area contributed by atoms with Crippen LogP contribution in [0.5, 0.6) is 11.5 Å². The maximum Gasteiger partial charge on any atom is 0.279 e. The largest absolute Gasteiger partial charge is 0.497 e. The number of hydrogen-bond acceptors (Lipinski definition) is 6. The number of aromatic nitrogens is 1. The lowest BCUT2D eigenvalue weighted by Crippen LogP contribution is -2.27. The number of rotatable bonds is 7. The lowest BCUT2D eigenvalue weighted by Gasteiger charge is -2.23. The smallest absolute Gasteiger partial charge is 0.279 e. The second-order valence-corrected chi connectivity index (χ2v) is 12.5. The van der Waals surface area contributed by atoms with Crippen LogP contribution in [0.25, 0.3) is 22.0 Å². The molecule has 0 saturated heterocycles. The van der Waals surface area contributed by atoms with Gasteiger partial charge in [0.05, 0.1) is 36.4 Å². The second-order valence-electron chi connectivity index (χ2n) is 9.75. The van der Waals surface area contributed by atoms with E-state index in [0.717, 1.165) is 19.8 Å². The van der Waals surface area contributed by atoms with Crippen LogP contribution in [0.4, 0.5) is 0 Å². The summed E-state index contributed by atoms with van der Waals surface area (Å²) in [6, 6.07) is 27.9. The van der Waals surface area contributed by atoms with E-state index in [2.05, 4.69) is 20.9 Å². The lowest BCUT2D eigenvalue weighted by atomic mass is 9.91. The number of fused-ring (bicyclic) bond motifs is 1. The van der Waals surface area contributed by atoms with Crippen molar-refractivity contribution in [1.82, 2.24) is 9.40 Å². The van der Waals surface area contributed by atoms with Gasteiger partial charge in [-0.3, -0.25) is 4.79 Å². The number of halogens is 1. The summed E-state index contributed by atoms with van der Waals surface area (Å²) in [6.07, 6.45) is 0.185. The summed E-state index contributed by atoms with van der Waals surface area (Å²) in [4.78, 5) is 16.8. The summed E-state index contributed by atoms with van der Waals surface area (Å²) in [5.41, 5.74) is 3.24. The highest BCUT2D eigenvalue weighted by Crippen LogP contribution is 2.40. The standard InChI is InChI=1S/C32H26BrN3O5S/c1-40-23-11-8-20(9-12-23)29-19-28(35-36(29)42(38,39)25-15-13-24(41-2)14-16-25)31-30(21-6-4-3-5-7-21)26-18-22(33)10-17-27(26)34-32(31)37/h3-18,29H,19H2,1-2H3,(H,34,37)/t29-/m0/s1. The predicted octanol–water partition coefficient (Wildman–Crippen LogP) is 6.51. The minimum Gasteiger partial charge on any atom is -0.497 e. The Kier molecular flexibility index (Phi) is 7.34. The first-order valence-corrected chi connectivity index (χ1v) is 15.3. The van der Waals surface area contributed by atoms with Gasteiger partial charge in [0.25, 0.3) is 15.6 Å². The number of aromatic amines is 1. The van der Waals surface area contributed by atoms with Crippen LogP contribution in [0.2, 0.25) is 0 Å². The summed E-state index contributed by atoms with van der Waals surface area (Å²) < 4.78 is 40.6. The molecule has 5 aromatic rings. The topological polar surface area (TPSA) is 101 Å². The SMILES string of the molecule is COc1ccc([C@@H]2CC(c3c(-c4ccccc4)c4cc(Br)ccc4[nH]c3=O)=NN2S(=O)(=O)c2ccc(OC)cc2)cc1. The Morgan fingerprint density at radius 2 is 1.50 bits per heavy atom. The number of benzene rings is 4. The van der Waals surface area contributed by atoms with Crippen LogP contribution in [0.15, 0.2) is 116 Å². The van der Waals surface area contributed by atoms with Gasteiger partial charge in [0.1, 0.15) is 11.5 Å². The highest BCUT2D eigenvalue weighted by molar-refractivity contribution is 9.10. The second kappa shape index (κ2) is 11.1. The fraction of sp³-hybridized carbons (Fsp3) is 0.125. The predicted molar refractivity (Wildman–Crippen MR) is 167 cm³/mol. The Balaban J connectivity index is 1.57. The third-order valence-corrected chi connectivity index (χ3v) is 9.49. The average Bonchev–Trinajstić information content (AvgIpc) is 3.47. The number of ether oxygens (including phenoxy) is 2. The maximum absolute atomic E-state index is 14.1. The summed E-state index contributed by atoms with van der Waals surface area (Å²) in [5.74, 6) is 1.18. The van der Waals surface area contributed by atoms with Crippen molar-refractivity contribution in [3.63, 3.8) is 0 Å². The van der Waals surface area contributed by atoms with Crippen LogP contribution in [0.3, 0.4) is 0 Å². The van der Waals surface area contributed by atoms with Crippen molar-refractivity contribution in [3.05, 3.63) is 123 Å². The monoisotopic (exact) mass is 643 g/mol. The molecule has 4 aromatic carbocycles. The van der Waals surface area contributed by atoms with E-state index in [4.69, 9.17) is 14.6 Å². The maximum atomic E-state index is 14.1. The van der Waals surface area contributed by atoms with Crippen LogP contribution in [0, 0.1) is 0 Å². The van der Waals surface area contributed by atoms with Crippen molar-refractivity contribution in [1.29, 1.82) is 0 Å². The number of sulfonamides is 1. The molecule has 1 aromatic heterocycles. The molecule has 0 unspecified atom stereocenters. The third-order valence-electron chi connectivity index (χ3n) is 7.30. The fourth-order valence-electron chi connectivity index (χ4n) is 5.24. The first kappa shape index (κ1) is 27.7. The zero-order valence-corrected chi connectivity index (χ0v) is 25.1. The first-order valence-electron chi connectivity index (χ1n) is 13.1. The molecular weight excluding hydrogens is 618 g/mol. The van der Waals surface area contributed by atoms with Gasteiger partial charge >= 0.3 is 0 Å². The summed E-state index contributed by atoms with van der Waals surface area (Å²) in [7, 11) is -1.03. The molecule has 1 atom stereocenters. The van der Waals surface area contributed by atoms with E-state index in [1.165, 1.54) is 19.2 Å². The molecule has 0 saturated carbocycles. The lowest BCUT2D eigenvalue weighted by molar-refractivity contribution is 0.370. The van der Waals surface area contributed by atoms with Gasteiger partial charge in [0, 0.05) is 27.4 Å². The van der Waals surface area contributed by atoms with E-state index in [1.807, 2.05) is 60.7 Å². The van der Waals surface area contributed by atoms with Gasteiger partial charge < -0.3 is 14.5 Å². The Labute approximate surface area is 251 Å². The first-order chi connectivity index (χ1) is 20.3. The molecule has 0 bridgehead atoms. The normalized spacial score (nSPS) is 15.1. The van der Waals surface area contributed by atoms with Crippen molar-refractivity contribution in [2.45, 2.75) is 17.4 Å². The van der Waals surface area contributed by atoms with Gasteiger partial charge in [-0.2, -0.15) is 17.9 Å². The molecule has 0 fully saturated rings. The molecule has 0 radical (unpaired) electrons. The van der Waals surface area contributed by atoms with Crippen LogP contribution in [-0.4, -0.2) is 37.7 Å². The average molecular weight is 645 g/mol. The van der Waals surface area contributed by atoms with Crippen LogP contribution in [-0.2, 0) is 10.0 Å². The molecule has 8 nitrogen and oxygen atoms in total. The molecule has 42 heavy (non-hydrogen) atoms. The summed E-state index contributed by atoms with van der Waals surface area (Å²) in [6.45, 7) is 0. The van der Waals surface area contributed by atoms with E-state index in [1.54, 1.807) is 31.4 Å². The van der Waals surface area contributed by atoms with E-state index < -0.39 is 16.1 Å². The molecule has 1 aliphatic rings. The van der Waals surface area contributed by atoms with E-state index >= 15 is 0 Å². The van der Waals surface area contributed by atoms with Gasteiger partial charge in [-0.25, -0.2) is 0 Å². The molecule has 2 heterocycles. The molecule has 1 N–H and O–H groups in total. The van der Waals surface area contributed by atoms with Crippen molar-refractivity contribution >= 4 is 42.6 Å². The molecule has 1 aliphatic heterocycles. The Morgan fingerprint density at radius 3 is 2.14 bits per heavy atom. The summed E-state index contributed by atoms with van der Waals surface area (Å²) in [5, 5.41) is 5.50. The van der Waals surface area contributed by atoms with Crippen LogP contribution in [0.1, 0.15) is 23.6 Å². The van der Waals surface area contributed by atoms with E-state index in [9.17, 15) is 13.2 Å². The van der Waals surface area contributed by atoms with Gasteiger partial charge in [0.2, 0.25) is 0 Å². The number of pyridine rings is 1. The number of methoxy groups -OCH3 is 2. The van der Waals surface area contributed by atoms with Gasteiger partial charge in [-0.15, -0.1) is 0 Å². The Bertz CT molecular complexity index is 1970. The molecule has 212 valence electrons. The van der Waals surface area contributed by atoms with Crippen molar-refractivity contribution in [2.75, 3.05) is 14.2 Å². The number of nitrogens with zero attached hydrogens (tertiary/aromatic N) is 2. The van der Waals surface area contributed by atoms with Gasteiger partial charge in [-0.05, 0) is 65.7 Å². The molecule has 0 amide bonds. The number of hydrogen-bond donors (Lipinski definition) is 1. The fourth-order valence-corrected chi connectivity index (χ4v) is 7.03. The number of hydrazone groups is 1. The van der Waals surface area contributed by atoms with Crippen molar-refractivity contribution < 1.29 is 17.9 Å². The highest BCUT2D eigenvalue weighted by atomic mass is 79.9. The van der Waals surface area contributed by atoms with Crippen molar-refractivity contribution in [2.24, 2.45) is 5.10 Å². The molecule has 0 aliphatic carbocycles. The molecule has 0 spiro atoms. The van der Waals surface area contributed by atoms with Gasteiger partial charge in [0.15, 0.2) is 0 Å².